The summed E-state index contributed by atoms with van der Waals surface area (Å²) in [6.45, 7) is 11.3. The van der Waals surface area contributed by atoms with E-state index in [-0.39, 0.29) is 0 Å². The number of nitrogens with zero attached hydrogens (tertiary/aromatic N) is 1. The zero-order valence-electron chi connectivity index (χ0n) is 12.4. The molecule has 2 unspecified atom stereocenters. The van der Waals surface area contributed by atoms with E-state index in [1.807, 2.05) is 0 Å². The number of aryl methyl sites for hydroxylation is 1. The maximum Gasteiger partial charge on any atom is 0.0400 e. The van der Waals surface area contributed by atoms with Gasteiger partial charge in [0, 0.05) is 35.3 Å². The van der Waals surface area contributed by atoms with Gasteiger partial charge in [-0.05, 0) is 49.9 Å². The van der Waals surface area contributed by atoms with Crippen molar-refractivity contribution in [3.63, 3.8) is 0 Å². The van der Waals surface area contributed by atoms with Crippen LogP contribution < -0.4 is 10.2 Å². The van der Waals surface area contributed by atoms with E-state index >= 15 is 0 Å². The van der Waals surface area contributed by atoms with Gasteiger partial charge in [0.15, 0.2) is 0 Å². The van der Waals surface area contributed by atoms with E-state index in [1.165, 1.54) is 17.7 Å². The van der Waals surface area contributed by atoms with Crippen LogP contribution >= 0.6 is 15.9 Å². The molecule has 1 aromatic carbocycles. The number of rotatable bonds is 3. The molecule has 1 heterocycles. The van der Waals surface area contributed by atoms with E-state index < -0.39 is 0 Å². The van der Waals surface area contributed by atoms with Gasteiger partial charge in [-0.3, -0.25) is 0 Å². The Hall–Kier alpha value is -0.540. The van der Waals surface area contributed by atoms with Crippen LogP contribution in [-0.2, 0) is 0 Å². The molecule has 0 saturated carbocycles. The van der Waals surface area contributed by atoms with Crippen LogP contribution in [0.2, 0.25) is 0 Å². The summed E-state index contributed by atoms with van der Waals surface area (Å²) in [5.74, 6) is 0.749. The van der Waals surface area contributed by atoms with Crippen molar-refractivity contribution < 1.29 is 0 Å². The Kier molecular flexibility index (Phi) is 4.91. The van der Waals surface area contributed by atoms with Gasteiger partial charge in [-0.1, -0.05) is 29.8 Å². The van der Waals surface area contributed by atoms with Crippen molar-refractivity contribution >= 4 is 21.6 Å². The monoisotopic (exact) mass is 324 g/mol. The van der Waals surface area contributed by atoms with Gasteiger partial charge in [0.2, 0.25) is 0 Å². The lowest BCUT2D eigenvalue weighted by Crippen LogP contribution is -2.56. The summed E-state index contributed by atoms with van der Waals surface area (Å²) >= 11 is 3.55. The lowest BCUT2D eigenvalue weighted by molar-refractivity contribution is 0.355. The number of hydrogen-bond donors (Lipinski definition) is 1. The van der Waals surface area contributed by atoms with Crippen LogP contribution in [-0.4, -0.2) is 25.2 Å². The lowest BCUT2D eigenvalue weighted by atomic mass is 9.99. The van der Waals surface area contributed by atoms with Crippen LogP contribution in [0.5, 0.6) is 0 Å². The molecule has 0 radical (unpaired) electrons. The van der Waals surface area contributed by atoms with E-state index in [1.54, 1.807) is 0 Å². The summed E-state index contributed by atoms with van der Waals surface area (Å²) in [5.41, 5.74) is 2.73. The van der Waals surface area contributed by atoms with E-state index in [0.717, 1.165) is 23.5 Å². The first kappa shape index (κ1) is 14.9. The van der Waals surface area contributed by atoms with Gasteiger partial charge in [0.05, 0.1) is 0 Å². The molecule has 0 bridgehead atoms. The molecule has 1 saturated heterocycles. The Morgan fingerprint density at radius 3 is 2.79 bits per heavy atom. The predicted molar refractivity (Wildman–Crippen MR) is 86.9 cm³/mol. The average Bonchev–Trinajstić information content (AvgIpc) is 2.31. The fourth-order valence-electron chi connectivity index (χ4n) is 2.93. The molecule has 0 aliphatic carbocycles. The zero-order chi connectivity index (χ0) is 14.0. The second-order valence-corrected chi connectivity index (χ2v) is 7.08. The van der Waals surface area contributed by atoms with Crippen molar-refractivity contribution in [1.82, 2.24) is 5.32 Å². The molecule has 0 spiro atoms. The second kappa shape index (κ2) is 6.27. The summed E-state index contributed by atoms with van der Waals surface area (Å²) in [4.78, 5) is 2.56. The molecule has 1 aromatic rings. The molecule has 106 valence electrons. The smallest absolute Gasteiger partial charge is 0.0400 e. The van der Waals surface area contributed by atoms with Crippen molar-refractivity contribution in [1.29, 1.82) is 0 Å². The van der Waals surface area contributed by atoms with E-state index in [4.69, 9.17) is 0 Å². The fourth-order valence-corrected chi connectivity index (χ4v) is 3.41. The summed E-state index contributed by atoms with van der Waals surface area (Å²) in [6, 6.07) is 7.77. The van der Waals surface area contributed by atoms with Crippen molar-refractivity contribution in [2.24, 2.45) is 5.92 Å². The van der Waals surface area contributed by atoms with Crippen molar-refractivity contribution in [3.05, 3.63) is 28.2 Å². The highest BCUT2D eigenvalue weighted by Gasteiger charge is 2.26. The largest absolute Gasteiger partial charge is 0.366 e. The number of anilines is 1. The SMILES string of the molecule is Cc1cc(Br)ccc1N1CC(CC(C)C)NCC1C. The molecular formula is C16H25BrN2. The molecule has 0 amide bonds. The fraction of sp³-hybridized carbons (Fsp3) is 0.625. The van der Waals surface area contributed by atoms with Gasteiger partial charge in [-0.15, -0.1) is 0 Å². The van der Waals surface area contributed by atoms with E-state index in [9.17, 15) is 0 Å². The Balaban J connectivity index is 2.16. The van der Waals surface area contributed by atoms with Crippen LogP contribution in [0.25, 0.3) is 0 Å². The third-order valence-corrected chi connectivity index (χ3v) is 4.37. The van der Waals surface area contributed by atoms with Crippen molar-refractivity contribution in [2.45, 2.75) is 46.2 Å². The Labute approximate surface area is 125 Å². The van der Waals surface area contributed by atoms with E-state index in [0.29, 0.717) is 12.1 Å². The molecule has 1 aliphatic heterocycles. The lowest BCUT2D eigenvalue weighted by Gasteiger charge is -2.41. The number of nitrogens with one attached hydrogen (secondary N) is 1. The summed E-state index contributed by atoms with van der Waals surface area (Å²) in [7, 11) is 0. The van der Waals surface area contributed by atoms with Gasteiger partial charge < -0.3 is 10.2 Å². The minimum Gasteiger partial charge on any atom is -0.366 e. The highest BCUT2D eigenvalue weighted by Crippen LogP contribution is 2.27. The average molecular weight is 325 g/mol. The third kappa shape index (κ3) is 3.73. The summed E-state index contributed by atoms with van der Waals surface area (Å²) in [5, 5.41) is 3.68. The number of benzene rings is 1. The topological polar surface area (TPSA) is 15.3 Å². The van der Waals surface area contributed by atoms with Gasteiger partial charge in [0.1, 0.15) is 0 Å². The zero-order valence-corrected chi connectivity index (χ0v) is 14.0. The van der Waals surface area contributed by atoms with Crippen LogP contribution in [0.15, 0.2) is 22.7 Å². The van der Waals surface area contributed by atoms with Gasteiger partial charge in [-0.2, -0.15) is 0 Å². The maximum atomic E-state index is 3.68. The van der Waals surface area contributed by atoms with Gasteiger partial charge >= 0.3 is 0 Å². The summed E-state index contributed by atoms with van der Waals surface area (Å²) < 4.78 is 1.16. The summed E-state index contributed by atoms with van der Waals surface area (Å²) in [6.07, 6.45) is 1.25. The van der Waals surface area contributed by atoms with Crippen LogP contribution in [0, 0.1) is 12.8 Å². The normalized spacial score (nSPS) is 24.0. The molecule has 0 aromatic heterocycles. The quantitative estimate of drug-likeness (QED) is 0.905. The first-order chi connectivity index (χ1) is 8.97. The van der Waals surface area contributed by atoms with Crippen LogP contribution in [0.3, 0.4) is 0 Å². The molecule has 1 N–H and O–H groups in total. The molecule has 2 rings (SSSR count). The first-order valence-corrected chi connectivity index (χ1v) is 8.03. The number of halogens is 1. The molecule has 1 aliphatic rings. The third-order valence-electron chi connectivity index (χ3n) is 3.88. The van der Waals surface area contributed by atoms with Crippen molar-refractivity contribution in [2.75, 3.05) is 18.0 Å². The van der Waals surface area contributed by atoms with Crippen molar-refractivity contribution in [3.8, 4) is 0 Å². The number of piperazine rings is 1. The Bertz CT molecular complexity index is 431. The van der Waals surface area contributed by atoms with E-state index in [2.05, 4.69) is 72.0 Å². The highest BCUT2D eigenvalue weighted by molar-refractivity contribution is 9.10. The maximum absolute atomic E-state index is 3.68. The highest BCUT2D eigenvalue weighted by atomic mass is 79.9. The first-order valence-electron chi connectivity index (χ1n) is 7.23. The Morgan fingerprint density at radius 1 is 1.42 bits per heavy atom. The molecule has 3 heteroatoms. The van der Waals surface area contributed by atoms with Crippen LogP contribution in [0.4, 0.5) is 5.69 Å². The minimum absolute atomic E-state index is 0.559. The number of hydrogen-bond acceptors (Lipinski definition) is 2. The second-order valence-electron chi connectivity index (χ2n) is 6.17. The van der Waals surface area contributed by atoms with Crippen LogP contribution in [0.1, 0.15) is 32.8 Å². The molecule has 19 heavy (non-hydrogen) atoms. The predicted octanol–water partition coefficient (Wildman–Crippen LogP) is 3.97. The van der Waals surface area contributed by atoms with Gasteiger partial charge in [-0.25, -0.2) is 0 Å². The Morgan fingerprint density at radius 2 is 2.16 bits per heavy atom. The molecule has 2 nitrogen and oxygen atoms in total. The minimum atomic E-state index is 0.559. The molecule has 1 fully saturated rings. The van der Waals surface area contributed by atoms with Gasteiger partial charge in [0.25, 0.3) is 0 Å². The molecule has 2 atom stereocenters. The standard InChI is InChI=1S/C16H25BrN2/c1-11(2)7-15-10-19(13(4)9-18-15)16-6-5-14(17)8-12(16)3/h5-6,8,11,13,15,18H,7,9-10H2,1-4H3. The molecular weight excluding hydrogens is 300 g/mol.